The zero-order chi connectivity index (χ0) is 11.5. The van der Waals surface area contributed by atoms with Crippen LogP contribution in [0.1, 0.15) is 10.5 Å². The van der Waals surface area contributed by atoms with E-state index in [0.29, 0.717) is 18.8 Å². The maximum atomic E-state index is 12.0. The summed E-state index contributed by atoms with van der Waals surface area (Å²) >= 11 is 0. The summed E-state index contributed by atoms with van der Waals surface area (Å²) in [5, 5.41) is 12.7. The molecule has 0 saturated carbocycles. The van der Waals surface area contributed by atoms with Gasteiger partial charge in [-0.2, -0.15) is 0 Å². The molecule has 0 aromatic carbocycles. The first kappa shape index (κ1) is 11.0. The van der Waals surface area contributed by atoms with Gasteiger partial charge >= 0.3 is 0 Å². The van der Waals surface area contributed by atoms with Crippen molar-refractivity contribution in [2.24, 2.45) is 0 Å². The number of hydrogen-bond acceptors (Lipinski definition) is 5. The molecule has 2 unspecified atom stereocenters. The van der Waals surface area contributed by atoms with Crippen molar-refractivity contribution in [2.75, 3.05) is 20.1 Å². The number of aliphatic hydroxyl groups excluding tert-OH is 1. The molecule has 2 rings (SSSR count). The van der Waals surface area contributed by atoms with Crippen LogP contribution in [0.2, 0.25) is 0 Å². The first-order valence-corrected chi connectivity index (χ1v) is 5.12. The van der Waals surface area contributed by atoms with Gasteiger partial charge in [0.05, 0.1) is 18.3 Å². The van der Waals surface area contributed by atoms with Gasteiger partial charge in [-0.3, -0.25) is 9.78 Å². The maximum Gasteiger partial charge on any atom is 0.274 e. The van der Waals surface area contributed by atoms with Crippen LogP contribution in [0.25, 0.3) is 0 Å². The van der Waals surface area contributed by atoms with Gasteiger partial charge in [0.1, 0.15) is 5.69 Å². The highest BCUT2D eigenvalue weighted by Crippen LogP contribution is 2.10. The van der Waals surface area contributed by atoms with E-state index in [9.17, 15) is 9.90 Å². The Morgan fingerprint density at radius 2 is 2.38 bits per heavy atom. The highest BCUT2D eigenvalue weighted by atomic mass is 16.3. The second-order valence-electron chi connectivity index (χ2n) is 3.80. The number of rotatable bonds is 2. The summed E-state index contributed by atoms with van der Waals surface area (Å²) in [4.78, 5) is 21.3. The fraction of sp³-hybridized carbons (Fsp3) is 0.500. The SMILES string of the molecule is CN(C(=O)c1cnccn1)C1CNCC1O. The molecule has 1 amide bonds. The molecular weight excluding hydrogens is 208 g/mol. The number of nitrogens with one attached hydrogen (secondary N) is 1. The number of β-amino-alcohol motifs (C(OH)–C–C–N with tert-alkyl or cyclic N) is 1. The Morgan fingerprint density at radius 3 is 2.94 bits per heavy atom. The average molecular weight is 222 g/mol. The highest BCUT2D eigenvalue weighted by Gasteiger charge is 2.31. The standard InChI is InChI=1S/C10H14N4O2/c1-14(8-5-12-6-9(8)15)10(16)7-4-11-2-3-13-7/h2-4,8-9,12,15H,5-6H2,1H3. The van der Waals surface area contributed by atoms with Crippen LogP contribution in [-0.4, -0.2) is 58.2 Å². The maximum absolute atomic E-state index is 12.0. The third kappa shape index (κ3) is 2.02. The zero-order valence-corrected chi connectivity index (χ0v) is 9.00. The lowest BCUT2D eigenvalue weighted by Crippen LogP contribution is -2.44. The van der Waals surface area contributed by atoms with E-state index in [-0.39, 0.29) is 11.9 Å². The van der Waals surface area contributed by atoms with Crippen LogP contribution >= 0.6 is 0 Å². The van der Waals surface area contributed by atoms with Gasteiger partial charge in [-0.15, -0.1) is 0 Å². The van der Waals surface area contributed by atoms with E-state index in [2.05, 4.69) is 15.3 Å². The first-order valence-electron chi connectivity index (χ1n) is 5.12. The van der Waals surface area contributed by atoms with Gasteiger partial charge in [0, 0.05) is 32.5 Å². The van der Waals surface area contributed by atoms with E-state index in [0.717, 1.165) is 0 Å². The normalized spacial score (nSPS) is 24.4. The molecule has 1 saturated heterocycles. The second-order valence-corrected chi connectivity index (χ2v) is 3.80. The van der Waals surface area contributed by atoms with Gasteiger partial charge in [0.15, 0.2) is 0 Å². The number of aromatic nitrogens is 2. The van der Waals surface area contributed by atoms with Crippen LogP contribution in [0, 0.1) is 0 Å². The molecule has 86 valence electrons. The Morgan fingerprint density at radius 1 is 1.56 bits per heavy atom. The molecule has 0 spiro atoms. The van der Waals surface area contributed by atoms with Gasteiger partial charge in [-0.05, 0) is 0 Å². The van der Waals surface area contributed by atoms with E-state index >= 15 is 0 Å². The van der Waals surface area contributed by atoms with Crippen LogP contribution in [0.15, 0.2) is 18.6 Å². The van der Waals surface area contributed by atoms with Crippen LogP contribution in [0.5, 0.6) is 0 Å². The van der Waals surface area contributed by atoms with Crippen molar-refractivity contribution in [3.63, 3.8) is 0 Å². The Bertz CT molecular complexity index is 370. The van der Waals surface area contributed by atoms with Crippen molar-refractivity contribution in [2.45, 2.75) is 12.1 Å². The van der Waals surface area contributed by atoms with Crippen molar-refractivity contribution in [3.8, 4) is 0 Å². The minimum Gasteiger partial charge on any atom is -0.390 e. The third-order valence-corrected chi connectivity index (χ3v) is 2.75. The Kier molecular flexibility index (Phi) is 3.12. The van der Waals surface area contributed by atoms with Crippen molar-refractivity contribution in [1.82, 2.24) is 20.2 Å². The van der Waals surface area contributed by atoms with Crippen LogP contribution in [-0.2, 0) is 0 Å². The van der Waals surface area contributed by atoms with Crippen molar-refractivity contribution >= 4 is 5.91 Å². The highest BCUT2D eigenvalue weighted by molar-refractivity contribution is 5.92. The van der Waals surface area contributed by atoms with Crippen LogP contribution in [0.3, 0.4) is 0 Å². The second kappa shape index (κ2) is 4.54. The molecular formula is C10H14N4O2. The minimum absolute atomic E-state index is 0.200. The molecule has 6 nitrogen and oxygen atoms in total. The molecule has 1 fully saturated rings. The number of hydrogen-bond donors (Lipinski definition) is 2. The topological polar surface area (TPSA) is 78.4 Å². The van der Waals surface area contributed by atoms with E-state index in [1.807, 2.05) is 0 Å². The Balaban J connectivity index is 2.10. The van der Waals surface area contributed by atoms with Gasteiger partial charge in [0.25, 0.3) is 5.91 Å². The van der Waals surface area contributed by atoms with E-state index in [1.165, 1.54) is 23.5 Å². The molecule has 0 bridgehead atoms. The number of amides is 1. The molecule has 16 heavy (non-hydrogen) atoms. The monoisotopic (exact) mass is 222 g/mol. The van der Waals surface area contributed by atoms with Gasteiger partial charge < -0.3 is 15.3 Å². The molecule has 6 heteroatoms. The van der Waals surface area contributed by atoms with Gasteiger partial charge in [-0.1, -0.05) is 0 Å². The molecule has 1 aromatic heterocycles. The largest absolute Gasteiger partial charge is 0.390 e. The Hall–Kier alpha value is -1.53. The molecule has 1 aliphatic rings. The molecule has 1 aliphatic heterocycles. The number of carbonyl (C=O) groups is 1. The fourth-order valence-electron chi connectivity index (χ4n) is 1.79. The molecule has 2 N–H and O–H groups in total. The predicted molar refractivity (Wildman–Crippen MR) is 56.8 cm³/mol. The quantitative estimate of drug-likeness (QED) is 0.663. The number of carbonyl (C=O) groups excluding carboxylic acids is 1. The molecule has 2 atom stereocenters. The molecule has 1 aromatic rings. The lowest BCUT2D eigenvalue weighted by molar-refractivity contribution is 0.0575. The van der Waals surface area contributed by atoms with E-state index in [4.69, 9.17) is 0 Å². The van der Waals surface area contributed by atoms with Crippen LogP contribution < -0.4 is 5.32 Å². The van der Waals surface area contributed by atoms with Gasteiger partial charge in [-0.25, -0.2) is 4.98 Å². The van der Waals surface area contributed by atoms with E-state index < -0.39 is 6.10 Å². The van der Waals surface area contributed by atoms with E-state index in [1.54, 1.807) is 7.05 Å². The zero-order valence-electron chi connectivity index (χ0n) is 9.00. The summed E-state index contributed by atoms with van der Waals surface area (Å²) in [5.41, 5.74) is 0.295. The lowest BCUT2D eigenvalue weighted by Gasteiger charge is -2.25. The number of likely N-dealkylation sites (N-methyl/N-ethyl adjacent to an activating group) is 1. The summed E-state index contributed by atoms with van der Waals surface area (Å²) < 4.78 is 0. The smallest absolute Gasteiger partial charge is 0.274 e. The van der Waals surface area contributed by atoms with Crippen molar-refractivity contribution in [3.05, 3.63) is 24.3 Å². The Labute approximate surface area is 93.3 Å². The summed E-state index contributed by atoms with van der Waals surface area (Å²) in [6.45, 7) is 1.12. The molecule has 2 heterocycles. The van der Waals surface area contributed by atoms with Crippen LogP contribution in [0.4, 0.5) is 0 Å². The van der Waals surface area contributed by atoms with Gasteiger partial charge in [0.2, 0.25) is 0 Å². The summed E-state index contributed by atoms with van der Waals surface area (Å²) in [6.07, 6.45) is 3.89. The summed E-state index contributed by atoms with van der Waals surface area (Å²) in [6, 6.07) is -0.200. The molecule has 0 radical (unpaired) electrons. The average Bonchev–Trinajstić information content (AvgIpc) is 2.75. The third-order valence-electron chi connectivity index (χ3n) is 2.75. The summed E-state index contributed by atoms with van der Waals surface area (Å²) in [5.74, 6) is -0.221. The summed E-state index contributed by atoms with van der Waals surface area (Å²) in [7, 11) is 1.66. The lowest BCUT2D eigenvalue weighted by atomic mass is 10.2. The fourth-order valence-corrected chi connectivity index (χ4v) is 1.79. The molecule has 0 aliphatic carbocycles. The number of aliphatic hydroxyl groups is 1. The van der Waals surface area contributed by atoms with Crippen molar-refractivity contribution in [1.29, 1.82) is 0 Å². The minimum atomic E-state index is -0.523. The predicted octanol–water partition coefficient (Wildman–Crippen LogP) is -1.12. The number of nitrogens with zero attached hydrogens (tertiary/aromatic N) is 3. The first-order chi connectivity index (χ1) is 7.70. The van der Waals surface area contributed by atoms with Crippen molar-refractivity contribution < 1.29 is 9.90 Å².